The SMILES string of the molecule is C=C1CCC(N2Cc3c(OCc4ccc(Cl)cc4)cccc3C2=O)C(=O)N1.C=C1CCC(N2Cc3c(OCc4ccc(OCCN5CCCC5)c(OC)c4)cccc3C2=O)C(=O)N1.C=C1CCC(N2Cc3c(OCc4cccc(C)c4)cccc3C2=O)C(=O)N1.C=C1CCC(N2Cc3c(OCc4cccc(CO)c4)cccc3C2=O)C(=O)N1.[B]. The summed E-state index contributed by atoms with van der Waals surface area (Å²) in [7, 11) is 1.63. The van der Waals surface area contributed by atoms with Gasteiger partial charge in [-0.25, -0.2) is 0 Å². The summed E-state index contributed by atoms with van der Waals surface area (Å²) in [5.41, 5.74) is 14.4. The highest BCUT2D eigenvalue weighted by atomic mass is 35.5. The molecular weight excluding hydrogens is 1530 g/mol. The van der Waals surface area contributed by atoms with E-state index < -0.39 is 24.2 Å². The molecule has 0 spiro atoms. The van der Waals surface area contributed by atoms with Crippen LogP contribution < -0.4 is 49.7 Å². The van der Waals surface area contributed by atoms with Crippen molar-refractivity contribution < 1.29 is 71.9 Å². The molecule has 24 nitrogen and oxygen atoms in total. The third-order valence-corrected chi connectivity index (χ3v) is 22.7. The van der Waals surface area contributed by atoms with Gasteiger partial charge in [-0.05, 0) is 185 Å². The molecule has 5 fully saturated rings. The first kappa shape index (κ1) is 84.5. The minimum atomic E-state index is -0.495. The number of fused-ring (bicyclic) bond motifs is 4. The Hall–Kier alpha value is -12.4. The normalized spacial score (nSPS) is 19.1. The first-order chi connectivity index (χ1) is 57.1. The lowest BCUT2D eigenvalue weighted by Gasteiger charge is -2.31. The average molecular weight is 1630 g/mol. The minimum absolute atomic E-state index is 0. The van der Waals surface area contributed by atoms with Gasteiger partial charge in [0.25, 0.3) is 23.6 Å². The molecule has 5 saturated heterocycles. The van der Waals surface area contributed by atoms with Crippen LogP contribution in [0.4, 0.5) is 0 Å². The molecule has 9 aliphatic rings. The van der Waals surface area contributed by atoms with Crippen LogP contribution in [0.1, 0.15) is 161 Å². The van der Waals surface area contributed by atoms with Crippen LogP contribution in [0.3, 0.4) is 0 Å². The third-order valence-electron chi connectivity index (χ3n) is 22.4. The molecule has 5 N–H and O–H groups in total. The molecule has 8 aromatic rings. The van der Waals surface area contributed by atoms with Crippen LogP contribution in [0.25, 0.3) is 0 Å². The second kappa shape index (κ2) is 38.3. The quantitative estimate of drug-likeness (QED) is 0.0394. The van der Waals surface area contributed by atoms with Crippen LogP contribution in [-0.4, -0.2) is 143 Å². The van der Waals surface area contributed by atoms with Crippen molar-refractivity contribution in [1.82, 2.24) is 45.8 Å². The predicted molar refractivity (Wildman–Crippen MR) is 449 cm³/mol. The van der Waals surface area contributed by atoms with Gasteiger partial charge in [0.2, 0.25) is 23.6 Å². The molecule has 17 rings (SSSR count). The number of benzene rings is 8. The molecule has 8 aromatic carbocycles. The van der Waals surface area contributed by atoms with Crippen molar-refractivity contribution in [3.8, 4) is 34.5 Å². The van der Waals surface area contributed by atoms with Gasteiger partial charge in [-0.3, -0.25) is 43.3 Å². The van der Waals surface area contributed by atoms with Crippen LogP contribution in [0, 0.1) is 6.92 Å². The number of rotatable bonds is 22. The second-order valence-electron chi connectivity index (χ2n) is 30.6. The highest BCUT2D eigenvalue weighted by Crippen LogP contribution is 2.40. The summed E-state index contributed by atoms with van der Waals surface area (Å²) in [6.45, 7) is 24.0. The van der Waals surface area contributed by atoms with Crippen molar-refractivity contribution in [2.24, 2.45) is 0 Å². The molecule has 9 aliphatic heterocycles. The fourth-order valence-corrected chi connectivity index (χ4v) is 16.3. The van der Waals surface area contributed by atoms with Gasteiger partial charge in [0.1, 0.15) is 80.2 Å². The number of nitrogens with one attached hydrogen (secondary N) is 4. The van der Waals surface area contributed by atoms with Gasteiger partial charge in [-0.2, -0.15) is 0 Å². The number of aliphatic hydroxyl groups is 1. The summed E-state index contributed by atoms with van der Waals surface area (Å²) in [6.07, 6.45) is 7.57. The van der Waals surface area contributed by atoms with Gasteiger partial charge in [0.05, 0.1) is 39.9 Å². The fourth-order valence-electron chi connectivity index (χ4n) is 16.1. The molecule has 3 radical (unpaired) electrons. The monoisotopic (exact) mass is 1620 g/mol. The Kier molecular flexibility index (Phi) is 27.2. The largest absolute Gasteiger partial charge is 0.493 e. The number of aryl methyl sites for hydroxylation is 1. The first-order valence-corrected chi connectivity index (χ1v) is 40.2. The second-order valence-corrected chi connectivity index (χ2v) is 31.0. The van der Waals surface area contributed by atoms with Crippen molar-refractivity contribution in [3.05, 3.63) is 296 Å². The average Bonchev–Trinajstić information content (AvgIpc) is 1.64. The predicted octanol–water partition coefficient (Wildman–Crippen LogP) is 12.6. The Bertz CT molecular complexity index is 5260. The van der Waals surface area contributed by atoms with E-state index in [1.165, 1.54) is 18.4 Å². The molecule has 9 heterocycles. The summed E-state index contributed by atoms with van der Waals surface area (Å²) in [5.74, 6) is 2.83. The van der Waals surface area contributed by atoms with E-state index in [1.807, 2.05) is 128 Å². The van der Waals surface area contributed by atoms with Crippen molar-refractivity contribution in [3.63, 3.8) is 0 Å². The standard InChI is InChI=1S/C28H33N3O5.C22H22N2O4.C22H22N2O3.C21H19ClN2O3.B/c1-19-8-10-23(27(32)29-19)31-17-22-21(28(31)33)6-5-7-24(22)36-18-20-9-11-25(26(16-20)34-2)35-15-14-30-12-3-4-13-30;1-14-8-9-19(21(26)23-14)24-11-18-17(22(24)27)6-3-7-20(18)28-13-16-5-2-4-15(10-16)12-25;1-14-5-3-6-16(11-14)13-27-20-8-4-7-17-18(20)12-24(22(17)26)19-10-9-15(2)23-21(19)25;1-13-5-10-18(20(25)23-13)24-11-17-16(21(24)26)3-2-4-19(17)27-12-14-6-8-15(22)9-7-14;/h5-7,9,11,16,23H,1,3-4,8,10,12-15,17-18H2,2H3,(H,29,32);2-7,10,19,25H,1,8-9,11-13H2,(H,23,26);3-8,11,19H,2,9-10,12-13H2,1H3,(H,23,25);2-4,6-9,18H,1,5,10-12H2,(H,23,25);. The molecular formula is C93H96BClN9O15. The summed E-state index contributed by atoms with van der Waals surface area (Å²) in [5, 5.41) is 21.0. The van der Waals surface area contributed by atoms with Gasteiger partial charge in [0.15, 0.2) is 11.5 Å². The van der Waals surface area contributed by atoms with Crippen molar-refractivity contribution in [1.29, 1.82) is 0 Å². The number of ether oxygens (including phenoxy) is 6. The van der Waals surface area contributed by atoms with Crippen LogP contribution in [-0.2, 0) is 78.4 Å². The number of aliphatic hydroxyl groups excluding tert-OH is 1. The van der Waals surface area contributed by atoms with Gasteiger partial charge in [0, 0.05) is 87.3 Å². The summed E-state index contributed by atoms with van der Waals surface area (Å²) >= 11 is 5.91. The Labute approximate surface area is 699 Å². The van der Waals surface area contributed by atoms with Crippen LogP contribution >= 0.6 is 11.6 Å². The number of allylic oxidation sites excluding steroid dienone is 4. The summed E-state index contributed by atoms with van der Waals surface area (Å²) in [4.78, 5) is 110. The Morgan fingerprint density at radius 1 is 0.395 bits per heavy atom. The van der Waals surface area contributed by atoms with Gasteiger partial charge < -0.3 is 74.4 Å². The van der Waals surface area contributed by atoms with E-state index in [0.29, 0.717) is 189 Å². The molecule has 0 aromatic heterocycles. The zero-order chi connectivity index (χ0) is 82.7. The lowest BCUT2D eigenvalue weighted by molar-refractivity contribution is -0.127. The molecule has 4 unspecified atom stereocenters. The third kappa shape index (κ3) is 19.7. The smallest absolute Gasteiger partial charge is 0.255 e. The highest BCUT2D eigenvalue weighted by Gasteiger charge is 2.44. The van der Waals surface area contributed by atoms with Crippen molar-refractivity contribution in [2.45, 2.75) is 155 Å². The molecule has 0 saturated carbocycles. The maximum Gasteiger partial charge on any atom is 0.255 e. The molecule has 119 heavy (non-hydrogen) atoms. The number of hydrogen-bond acceptors (Lipinski definition) is 16. The molecule has 4 atom stereocenters. The molecule has 0 bridgehead atoms. The number of carbonyl (C=O) groups excluding carboxylic acids is 8. The fraction of sp³-hybridized carbons (Fsp3) is 0.312. The van der Waals surface area contributed by atoms with E-state index in [4.69, 9.17) is 40.0 Å². The molecule has 26 heteroatoms. The Balaban J connectivity index is 0.000000138. The number of hydrogen-bond donors (Lipinski definition) is 5. The summed E-state index contributed by atoms with van der Waals surface area (Å²) in [6, 6.07) is 48.9. The minimum Gasteiger partial charge on any atom is -0.493 e. The Morgan fingerprint density at radius 3 is 1.09 bits per heavy atom. The Morgan fingerprint density at radius 2 is 0.731 bits per heavy atom. The van der Waals surface area contributed by atoms with Gasteiger partial charge in [-0.1, -0.05) is 134 Å². The van der Waals surface area contributed by atoms with E-state index in [-0.39, 0.29) is 62.3 Å². The summed E-state index contributed by atoms with van der Waals surface area (Å²) < 4.78 is 35.7. The lowest BCUT2D eigenvalue weighted by atomic mass is 10.0. The van der Waals surface area contributed by atoms with Crippen LogP contribution in [0.5, 0.6) is 34.5 Å². The highest BCUT2D eigenvalue weighted by molar-refractivity contribution is 6.30. The molecule has 613 valence electrons. The van der Waals surface area contributed by atoms with E-state index in [0.717, 1.165) is 75.5 Å². The maximum atomic E-state index is 13.1. The van der Waals surface area contributed by atoms with Gasteiger partial charge in [-0.15, -0.1) is 0 Å². The van der Waals surface area contributed by atoms with Crippen LogP contribution in [0.15, 0.2) is 213 Å². The van der Waals surface area contributed by atoms with E-state index in [1.54, 1.807) is 63.1 Å². The number of methoxy groups -OCH3 is 1. The number of nitrogens with zero attached hydrogens (tertiary/aromatic N) is 5. The zero-order valence-corrected chi connectivity index (χ0v) is 67.6. The van der Waals surface area contributed by atoms with Crippen molar-refractivity contribution >= 4 is 67.3 Å². The van der Waals surface area contributed by atoms with Crippen molar-refractivity contribution in [2.75, 3.05) is 33.4 Å². The molecule has 0 aliphatic carbocycles. The number of piperidine rings is 4. The maximum absolute atomic E-state index is 13.1. The van der Waals surface area contributed by atoms with E-state index in [9.17, 15) is 43.5 Å². The van der Waals surface area contributed by atoms with Gasteiger partial charge >= 0.3 is 0 Å². The topological polar surface area (TPSA) is 276 Å². The lowest BCUT2D eigenvalue weighted by Crippen LogP contribution is -2.49. The molecule has 8 amide bonds. The number of carbonyl (C=O) groups is 8. The van der Waals surface area contributed by atoms with E-state index >= 15 is 0 Å². The van der Waals surface area contributed by atoms with E-state index in [2.05, 4.69) is 58.5 Å². The number of amides is 8. The number of likely N-dealkylation sites (tertiary alicyclic amines) is 1. The number of halogens is 1. The zero-order valence-electron chi connectivity index (χ0n) is 66.8. The van der Waals surface area contributed by atoms with Crippen LogP contribution in [0.2, 0.25) is 5.02 Å². The first-order valence-electron chi connectivity index (χ1n) is 39.8.